The van der Waals surface area contributed by atoms with Gasteiger partial charge in [0.2, 0.25) is 0 Å². The van der Waals surface area contributed by atoms with E-state index in [0.717, 1.165) is 0 Å². The van der Waals surface area contributed by atoms with Crippen molar-refractivity contribution in [2.75, 3.05) is 0 Å². The third kappa shape index (κ3) is 4.99. The van der Waals surface area contributed by atoms with Gasteiger partial charge in [0.1, 0.15) is 0 Å². The Labute approximate surface area is 171 Å². The minimum atomic E-state index is 0. The molecule has 23 heavy (non-hydrogen) atoms. The predicted molar refractivity (Wildman–Crippen MR) is 88.3 cm³/mol. The van der Waals surface area contributed by atoms with E-state index >= 15 is 0 Å². The average molecular weight is 424 g/mol. The van der Waals surface area contributed by atoms with Gasteiger partial charge >= 0.3 is 26.2 Å². The van der Waals surface area contributed by atoms with Crippen molar-refractivity contribution in [3.8, 4) is 11.1 Å². The molecule has 0 N–H and O–H groups in total. The molecular weight excluding hydrogens is 402 g/mol. The molecule has 0 saturated carbocycles. The minimum Gasteiger partial charge on any atom is -1.00 e. The Hall–Kier alpha value is -0.487. The summed E-state index contributed by atoms with van der Waals surface area (Å²) >= 11 is 0. The first-order valence-corrected chi connectivity index (χ1v) is 7.54. The zero-order chi connectivity index (χ0) is 13.9. The third-order valence-electron chi connectivity index (χ3n) is 4.00. The molecule has 0 amide bonds. The van der Waals surface area contributed by atoms with E-state index in [2.05, 4.69) is 68.4 Å². The summed E-state index contributed by atoms with van der Waals surface area (Å²) in [6, 6.07) is 20.1. The summed E-state index contributed by atoms with van der Waals surface area (Å²) in [7, 11) is 0. The fourth-order valence-corrected chi connectivity index (χ4v) is 2.99. The van der Waals surface area contributed by atoms with Gasteiger partial charge in [-0.1, -0.05) is 56.2 Å². The molecule has 0 nitrogen and oxygen atoms in total. The maximum Gasteiger partial charge on any atom is 3.00 e. The summed E-state index contributed by atoms with van der Waals surface area (Å²) in [6.07, 6.45) is 3.67. The Kier molecular flexibility index (Phi) is 10.2. The number of aryl methyl sites for hydroxylation is 2. The van der Waals surface area contributed by atoms with E-state index in [0.29, 0.717) is 0 Å². The van der Waals surface area contributed by atoms with Crippen molar-refractivity contribution < 1.29 is 51.0 Å². The molecule has 3 aromatic carbocycles. The molecule has 0 heterocycles. The van der Waals surface area contributed by atoms with E-state index in [1.165, 1.54) is 52.3 Å². The van der Waals surface area contributed by atoms with Crippen molar-refractivity contribution in [2.45, 2.75) is 33.1 Å². The second-order valence-electron chi connectivity index (χ2n) is 5.60. The monoisotopic (exact) mass is 421 g/mol. The molecule has 1 radical (unpaired) electrons. The molecule has 0 aromatic heterocycles. The molecule has 3 rings (SSSR count). The molecule has 0 bridgehead atoms. The quantitative estimate of drug-likeness (QED) is 0.514. The maximum absolute atomic E-state index is 2.31. The zero-order valence-electron chi connectivity index (χ0n) is 13.6. The van der Waals surface area contributed by atoms with E-state index in [1.54, 1.807) is 0 Å². The van der Waals surface area contributed by atoms with Crippen LogP contribution in [0.15, 0.2) is 54.6 Å². The van der Waals surface area contributed by atoms with Crippen LogP contribution in [0, 0.1) is 6.92 Å². The van der Waals surface area contributed by atoms with E-state index in [-0.39, 0.29) is 51.0 Å². The van der Waals surface area contributed by atoms with Crippen LogP contribution in [-0.2, 0) is 32.6 Å². The van der Waals surface area contributed by atoms with Crippen LogP contribution in [0.3, 0.4) is 0 Å². The molecule has 0 aliphatic carbocycles. The molecule has 3 heteroatoms. The van der Waals surface area contributed by atoms with Gasteiger partial charge in [-0.3, -0.25) is 0 Å². The summed E-state index contributed by atoms with van der Waals surface area (Å²) in [4.78, 5) is 0. The van der Waals surface area contributed by atoms with Crippen LogP contribution in [-0.4, -0.2) is 0 Å². The van der Waals surface area contributed by atoms with Gasteiger partial charge in [-0.05, 0) is 24.0 Å². The average Bonchev–Trinajstić information content (AvgIpc) is 2.85. The van der Waals surface area contributed by atoms with Crippen molar-refractivity contribution >= 4 is 10.8 Å². The van der Waals surface area contributed by atoms with Gasteiger partial charge in [0.15, 0.2) is 0 Å². The van der Waals surface area contributed by atoms with Crippen LogP contribution < -0.4 is 24.8 Å². The van der Waals surface area contributed by atoms with Crippen LogP contribution >= 0.6 is 0 Å². The van der Waals surface area contributed by atoms with Crippen molar-refractivity contribution in [3.63, 3.8) is 0 Å². The van der Waals surface area contributed by atoms with Crippen molar-refractivity contribution in [1.82, 2.24) is 0 Å². The molecular formula is C20H21Cl2Zr. The number of rotatable bonds is 4. The number of hydrogen-bond acceptors (Lipinski definition) is 0. The third-order valence-corrected chi connectivity index (χ3v) is 4.00. The summed E-state index contributed by atoms with van der Waals surface area (Å²) < 4.78 is 0. The first-order valence-electron chi connectivity index (χ1n) is 7.54. The first kappa shape index (κ1) is 22.5. The van der Waals surface area contributed by atoms with Gasteiger partial charge in [0, 0.05) is 0 Å². The fraction of sp³-hybridized carbons (Fsp3) is 0.250. The second kappa shape index (κ2) is 10.4. The van der Waals surface area contributed by atoms with Gasteiger partial charge in [-0.25, -0.2) is 0 Å². The number of unbranched alkanes of at least 4 members (excludes halogenated alkanes) is 1. The second-order valence-corrected chi connectivity index (χ2v) is 5.60. The Balaban J connectivity index is 0.00000161. The number of hydrogen-bond donors (Lipinski definition) is 0. The van der Waals surface area contributed by atoms with E-state index in [9.17, 15) is 0 Å². The topological polar surface area (TPSA) is 0 Å². The summed E-state index contributed by atoms with van der Waals surface area (Å²) in [6.45, 7) is 4.43. The van der Waals surface area contributed by atoms with E-state index < -0.39 is 0 Å². The normalized spacial score (nSPS) is 9.65. The van der Waals surface area contributed by atoms with Gasteiger partial charge < -0.3 is 24.8 Å². The van der Waals surface area contributed by atoms with Crippen LogP contribution in [0.25, 0.3) is 21.9 Å². The number of fused-ring (bicyclic) bond motifs is 1. The SMILES string of the molecule is CCCCc1ccccc1-c1cccc2[cH-]c(C)cc12.[Cl-].[Cl-].[Zr+3]. The molecule has 0 aliphatic rings. The Bertz CT molecular complexity index is 731. The van der Waals surface area contributed by atoms with Crippen molar-refractivity contribution in [1.29, 1.82) is 0 Å². The Morgan fingerprint density at radius 1 is 0.913 bits per heavy atom. The maximum atomic E-state index is 2.31. The molecule has 0 atom stereocenters. The van der Waals surface area contributed by atoms with Gasteiger partial charge in [0.25, 0.3) is 0 Å². The molecule has 0 aliphatic heterocycles. The fourth-order valence-electron chi connectivity index (χ4n) is 2.99. The Morgan fingerprint density at radius 3 is 2.35 bits per heavy atom. The first-order chi connectivity index (χ1) is 9.79. The minimum absolute atomic E-state index is 0. The molecule has 0 spiro atoms. The van der Waals surface area contributed by atoms with Crippen molar-refractivity contribution in [3.05, 3.63) is 65.7 Å². The van der Waals surface area contributed by atoms with Crippen LogP contribution in [0.4, 0.5) is 0 Å². The molecule has 0 unspecified atom stereocenters. The number of benzene rings is 2. The number of halogens is 2. The smallest absolute Gasteiger partial charge is 1.00 e. The zero-order valence-corrected chi connectivity index (χ0v) is 17.5. The van der Waals surface area contributed by atoms with Gasteiger partial charge in [0.05, 0.1) is 0 Å². The van der Waals surface area contributed by atoms with Crippen LogP contribution in [0.5, 0.6) is 0 Å². The van der Waals surface area contributed by atoms with E-state index in [1.807, 2.05) is 0 Å². The molecule has 0 fully saturated rings. The Morgan fingerprint density at radius 2 is 1.61 bits per heavy atom. The van der Waals surface area contributed by atoms with E-state index in [4.69, 9.17) is 0 Å². The van der Waals surface area contributed by atoms with Crippen LogP contribution in [0.1, 0.15) is 30.9 Å². The standard InChI is InChI=1S/C20H21.2ClH.Zr/c1-3-4-8-16-9-5-6-11-18(16)19-12-7-10-17-13-15(2)14-20(17)19;;;/h5-7,9-14H,3-4,8H2,1-2H3;2*1H;/q-1;;;+3/p-2. The summed E-state index contributed by atoms with van der Waals surface area (Å²) in [5, 5.41) is 2.74. The molecule has 119 valence electrons. The summed E-state index contributed by atoms with van der Waals surface area (Å²) in [5.74, 6) is 0. The molecule has 3 aromatic rings. The predicted octanol–water partition coefficient (Wildman–Crippen LogP) is -0.118. The summed E-state index contributed by atoms with van der Waals surface area (Å²) in [5.41, 5.74) is 5.60. The van der Waals surface area contributed by atoms with Crippen molar-refractivity contribution in [2.24, 2.45) is 0 Å². The van der Waals surface area contributed by atoms with Gasteiger partial charge in [-0.2, -0.15) is 6.07 Å². The largest absolute Gasteiger partial charge is 3.00 e. The van der Waals surface area contributed by atoms with Gasteiger partial charge in [-0.15, -0.1) is 34.5 Å². The van der Waals surface area contributed by atoms with Crippen LogP contribution in [0.2, 0.25) is 0 Å². The molecule has 0 saturated heterocycles.